The van der Waals surface area contributed by atoms with E-state index in [1.807, 2.05) is 12.1 Å². The lowest BCUT2D eigenvalue weighted by Crippen LogP contribution is -2.49. The zero-order valence-electron chi connectivity index (χ0n) is 19.7. The van der Waals surface area contributed by atoms with Crippen molar-refractivity contribution in [1.82, 2.24) is 15.6 Å². The minimum absolute atomic E-state index is 0.0121. The summed E-state index contributed by atoms with van der Waals surface area (Å²) in [5, 5.41) is 9.33. The molecule has 184 valence electrons. The molecule has 2 bridgehead atoms. The average Bonchev–Trinajstić information content (AvgIpc) is 3.62. The number of hydrogen-bond donors (Lipinski definition) is 3. The molecule has 0 spiro atoms. The van der Waals surface area contributed by atoms with E-state index in [0.29, 0.717) is 28.1 Å². The zero-order valence-corrected chi connectivity index (χ0v) is 20.5. The molecule has 3 amide bonds. The van der Waals surface area contributed by atoms with Crippen molar-refractivity contribution in [3.63, 3.8) is 0 Å². The first-order chi connectivity index (χ1) is 17.0. The van der Waals surface area contributed by atoms with Crippen molar-refractivity contribution >= 4 is 40.7 Å². The second-order valence-electron chi connectivity index (χ2n) is 9.69. The van der Waals surface area contributed by atoms with Crippen molar-refractivity contribution in [2.45, 2.75) is 38.1 Å². The van der Waals surface area contributed by atoms with Crippen molar-refractivity contribution < 1.29 is 14.4 Å². The predicted molar refractivity (Wildman–Crippen MR) is 135 cm³/mol. The second kappa shape index (κ2) is 9.85. The number of aromatic nitrogens is 1. The van der Waals surface area contributed by atoms with Crippen LogP contribution in [-0.2, 0) is 4.79 Å². The minimum atomic E-state index is -0.368. The molecule has 8 nitrogen and oxygen atoms in total. The van der Waals surface area contributed by atoms with Crippen LogP contribution in [0.25, 0.3) is 0 Å². The normalized spacial score (nSPS) is 24.9. The molecule has 4 atom stereocenters. The van der Waals surface area contributed by atoms with Gasteiger partial charge in [-0.05, 0) is 68.2 Å². The Balaban J connectivity index is 1.26. The summed E-state index contributed by atoms with van der Waals surface area (Å²) in [5.41, 5.74) is 2.04. The fourth-order valence-electron chi connectivity index (χ4n) is 6.00. The maximum Gasteiger partial charge on any atom is 0.274 e. The van der Waals surface area contributed by atoms with Crippen LogP contribution in [0.2, 0.25) is 5.02 Å². The van der Waals surface area contributed by atoms with Crippen molar-refractivity contribution in [1.29, 1.82) is 0 Å². The van der Waals surface area contributed by atoms with Gasteiger partial charge in [0.25, 0.3) is 11.8 Å². The number of nitrogens with zero attached hydrogens (tertiary/aromatic N) is 2. The molecular weight excluding hydrogens is 466 g/mol. The second-order valence-corrected chi connectivity index (χ2v) is 10.1. The van der Waals surface area contributed by atoms with E-state index in [-0.39, 0.29) is 35.4 Å². The lowest BCUT2D eigenvalue weighted by molar-refractivity contribution is -0.126. The van der Waals surface area contributed by atoms with Gasteiger partial charge in [0.05, 0.1) is 27.9 Å². The van der Waals surface area contributed by atoms with Crippen LogP contribution in [0.5, 0.6) is 0 Å². The van der Waals surface area contributed by atoms with Gasteiger partial charge in [-0.1, -0.05) is 17.7 Å². The third-order valence-electron chi connectivity index (χ3n) is 7.68. The molecule has 35 heavy (non-hydrogen) atoms. The quantitative estimate of drug-likeness (QED) is 0.569. The first-order valence-corrected chi connectivity index (χ1v) is 12.7. The van der Waals surface area contributed by atoms with Crippen molar-refractivity contribution in [3.05, 3.63) is 52.8 Å². The number of hydrogen-bond acceptors (Lipinski definition) is 5. The molecule has 1 aromatic heterocycles. The van der Waals surface area contributed by atoms with Gasteiger partial charge in [0.2, 0.25) is 5.91 Å². The number of carbonyl (C=O) groups excluding carboxylic acids is 3. The maximum atomic E-state index is 12.9. The van der Waals surface area contributed by atoms with Crippen LogP contribution < -0.4 is 20.9 Å². The summed E-state index contributed by atoms with van der Waals surface area (Å²) >= 11 is 6.45. The number of amides is 3. The van der Waals surface area contributed by atoms with E-state index in [2.05, 4.69) is 25.8 Å². The number of para-hydroxylation sites is 1. The van der Waals surface area contributed by atoms with Gasteiger partial charge in [0.1, 0.15) is 5.69 Å². The van der Waals surface area contributed by atoms with Crippen LogP contribution in [0.4, 0.5) is 11.4 Å². The third kappa shape index (κ3) is 4.59. The van der Waals surface area contributed by atoms with Gasteiger partial charge in [0.15, 0.2) is 0 Å². The number of pyridine rings is 1. The molecule has 1 aromatic carbocycles. The number of halogens is 1. The lowest BCUT2D eigenvalue weighted by atomic mass is 9.83. The molecule has 3 aliphatic rings. The van der Waals surface area contributed by atoms with Gasteiger partial charge in [-0.3, -0.25) is 19.4 Å². The summed E-state index contributed by atoms with van der Waals surface area (Å²) in [6.07, 6.45) is 6.64. The van der Waals surface area contributed by atoms with Crippen LogP contribution in [0.3, 0.4) is 0 Å². The first kappa shape index (κ1) is 23.6. The Labute approximate surface area is 209 Å². The molecule has 2 saturated carbocycles. The molecule has 0 radical (unpaired) electrons. The number of fused-ring (bicyclic) bond motifs is 2. The number of anilines is 2. The Morgan fingerprint density at radius 3 is 2.51 bits per heavy atom. The van der Waals surface area contributed by atoms with E-state index in [1.165, 1.54) is 6.20 Å². The Morgan fingerprint density at radius 1 is 1.03 bits per heavy atom. The highest BCUT2D eigenvalue weighted by atomic mass is 35.5. The van der Waals surface area contributed by atoms with Crippen LogP contribution in [-0.4, -0.2) is 48.9 Å². The highest BCUT2D eigenvalue weighted by Crippen LogP contribution is 2.48. The van der Waals surface area contributed by atoms with Gasteiger partial charge in [0, 0.05) is 32.4 Å². The van der Waals surface area contributed by atoms with Crippen LogP contribution in [0, 0.1) is 17.8 Å². The summed E-state index contributed by atoms with van der Waals surface area (Å²) in [4.78, 5) is 44.7. The fourth-order valence-corrected chi connectivity index (χ4v) is 6.30. The molecule has 3 fully saturated rings. The van der Waals surface area contributed by atoms with Gasteiger partial charge < -0.3 is 20.9 Å². The molecule has 2 aliphatic carbocycles. The molecule has 9 heteroatoms. The van der Waals surface area contributed by atoms with E-state index in [1.54, 1.807) is 25.2 Å². The molecule has 1 saturated heterocycles. The highest BCUT2D eigenvalue weighted by molar-refractivity contribution is 6.34. The van der Waals surface area contributed by atoms with Crippen LogP contribution >= 0.6 is 11.6 Å². The van der Waals surface area contributed by atoms with Gasteiger partial charge >= 0.3 is 0 Å². The number of benzene rings is 1. The van der Waals surface area contributed by atoms with E-state index in [9.17, 15) is 14.4 Å². The number of rotatable bonds is 6. The molecule has 5 rings (SSSR count). The third-order valence-corrected chi connectivity index (χ3v) is 7.98. The standard InChI is InChI=1S/C26H30ClN5O3/c1-28-26(35)21-15-7-8-16(13-15)22(21)31-24(33)17-9-10-20(29-14-17)25(34)30-19-6-4-5-18(27)23(19)32-11-2-3-12-32/h4-6,9-10,14-16,21-22H,2-3,7-8,11-13H2,1H3,(H,28,35)(H,30,34)(H,31,33)/t15-,16+,21+,22-/m1/s1. The lowest BCUT2D eigenvalue weighted by Gasteiger charge is -2.30. The summed E-state index contributed by atoms with van der Waals surface area (Å²) in [6.45, 7) is 1.80. The summed E-state index contributed by atoms with van der Waals surface area (Å²) in [7, 11) is 1.64. The van der Waals surface area contributed by atoms with Gasteiger partial charge in [-0.25, -0.2) is 0 Å². The Kier molecular flexibility index (Phi) is 6.65. The fraction of sp³-hybridized carbons (Fsp3) is 0.462. The Morgan fingerprint density at radius 2 is 1.80 bits per heavy atom. The Bertz CT molecular complexity index is 1130. The summed E-state index contributed by atoms with van der Waals surface area (Å²) in [5.74, 6) is -0.196. The number of nitrogens with one attached hydrogen (secondary N) is 3. The number of carbonyl (C=O) groups is 3. The molecule has 1 aliphatic heterocycles. The summed E-state index contributed by atoms with van der Waals surface area (Å²) < 4.78 is 0. The Hall–Kier alpha value is -3.13. The molecular formula is C26H30ClN5O3. The topological polar surface area (TPSA) is 103 Å². The van der Waals surface area contributed by atoms with E-state index >= 15 is 0 Å². The van der Waals surface area contributed by atoms with Gasteiger partial charge in [-0.2, -0.15) is 0 Å². The van der Waals surface area contributed by atoms with Crippen molar-refractivity contribution in [2.75, 3.05) is 30.4 Å². The summed E-state index contributed by atoms with van der Waals surface area (Å²) in [6, 6.07) is 8.43. The largest absolute Gasteiger partial charge is 0.369 e. The minimum Gasteiger partial charge on any atom is -0.369 e. The van der Waals surface area contributed by atoms with E-state index < -0.39 is 0 Å². The highest BCUT2D eigenvalue weighted by Gasteiger charge is 2.51. The SMILES string of the molecule is CNC(=O)[C@H]1[C@@H]2CC[C@@H](C2)[C@H]1NC(=O)c1ccc(C(=O)Nc2cccc(Cl)c2N2CCCC2)nc1. The van der Waals surface area contributed by atoms with Gasteiger partial charge in [-0.15, -0.1) is 0 Å². The first-order valence-electron chi connectivity index (χ1n) is 12.3. The average molecular weight is 496 g/mol. The van der Waals surface area contributed by atoms with Crippen molar-refractivity contribution in [2.24, 2.45) is 17.8 Å². The zero-order chi connectivity index (χ0) is 24.5. The molecule has 2 aromatic rings. The van der Waals surface area contributed by atoms with Crippen LogP contribution in [0.15, 0.2) is 36.5 Å². The molecule has 3 N–H and O–H groups in total. The molecule has 2 heterocycles. The van der Waals surface area contributed by atoms with Crippen LogP contribution in [0.1, 0.15) is 53.0 Å². The van der Waals surface area contributed by atoms with E-state index in [0.717, 1.165) is 50.9 Å². The monoisotopic (exact) mass is 495 g/mol. The maximum absolute atomic E-state index is 12.9. The smallest absolute Gasteiger partial charge is 0.274 e. The van der Waals surface area contributed by atoms with E-state index in [4.69, 9.17) is 11.6 Å². The molecule has 0 unspecified atom stereocenters. The predicted octanol–water partition coefficient (Wildman–Crippen LogP) is 3.48. The van der Waals surface area contributed by atoms with Crippen molar-refractivity contribution in [3.8, 4) is 0 Å².